The molecule has 0 saturated heterocycles. The van der Waals surface area contributed by atoms with Crippen molar-refractivity contribution in [2.75, 3.05) is 6.54 Å². The Morgan fingerprint density at radius 1 is 1.00 bits per heavy atom. The van der Waals surface area contributed by atoms with E-state index in [1.165, 1.54) is 21.4 Å². The van der Waals surface area contributed by atoms with Crippen LogP contribution in [0.4, 0.5) is 0 Å². The minimum absolute atomic E-state index is 0.00249. The van der Waals surface area contributed by atoms with E-state index in [2.05, 4.69) is 35.4 Å². The molecule has 0 saturated carbocycles. The van der Waals surface area contributed by atoms with Crippen LogP contribution < -0.4 is 5.69 Å². The Morgan fingerprint density at radius 3 is 2.67 bits per heavy atom. The minimum Gasteiger partial charge on any atom is -0.336 e. The van der Waals surface area contributed by atoms with Gasteiger partial charge < -0.3 is 4.90 Å². The summed E-state index contributed by atoms with van der Waals surface area (Å²) in [5, 5.41) is 4.49. The number of hydrogen-bond donors (Lipinski definition) is 0. The van der Waals surface area contributed by atoms with E-state index < -0.39 is 0 Å². The number of carbonyl (C=O) groups excluding carboxylic acids is 1. The lowest BCUT2D eigenvalue weighted by molar-refractivity contribution is -0.133. The van der Waals surface area contributed by atoms with Crippen LogP contribution in [0.25, 0.3) is 0 Å². The molecule has 0 spiro atoms. The van der Waals surface area contributed by atoms with Crippen molar-refractivity contribution in [3.05, 3.63) is 87.6 Å². The molecule has 0 radical (unpaired) electrons. The maximum absolute atomic E-state index is 13.2. The second-order valence-electron chi connectivity index (χ2n) is 8.26. The Bertz CT molecular complexity index is 1120. The van der Waals surface area contributed by atoms with Gasteiger partial charge in [0.1, 0.15) is 12.4 Å². The van der Waals surface area contributed by atoms with Gasteiger partial charge in [-0.05, 0) is 29.5 Å². The average Bonchev–Trinajstić information content (AvgIpc) is 2.94. The van der Waals surface area contributed by atoms with Crippen molar-refractivity contribution in [2.45, 2.75) is 51.2 Å². The lowest BCUT2D eigenvalue weighted by Crippen LogP contribution is -2.42. The lowest BCUT2D eigenvalue weighted by Gasteiger charge is -2.35. The first-order valence-electron chi connectivity index (χ1n) is 10.8. The average molecular weight is 402 g/mol. The topological polar surface area (TPSA) is 60.1 Å². The number of rotatable bonds is 3. The van der Waals surface area contributed by atoms with E-state index in [4.69, 9.17) is 0 Å². The molecule has 0 aliphatic carbocycles. The van der Waals surface area contributed by atoms with E-state index in [0.29, 0.717) is 19.6 Å². The van der Waals surface area contributed by atoms with Crippen molar-refractivity contribution in [3.63, 3.8) is 0 Å². The highest BCUT2D eigenvalue weighted by Gasteiger charge is 2.29. The van der Waals surface area contributed by atoms with Gasteiger partial charge in [-0.15, -0.1) is 0 Å². The largest absolute Gasteiger partial charge is 0.346 e. The van der Waals surface area contributed by atoms with Crippen LogP contribution in [0, 0.1) is 0 Å². The molecule has 1 atom stereocenters. The number of hydrogen-bond acceptors (Lipinski definition) is 3. The Labute approximate surface area is 175 Å². The number of aryl methyl sites for hydroxylation is 1. The van der Waals surface area contributed by atoms with Gasteiger partial charge in [0, 0.05) is 32.0 Å². The van der Waals surface area contributed by atoms with Gasteiger partial charge in [-0.1, -0.05) is 61.0 Å². The molecular weight excluding hydrogens is 376 g/mol. The van der Waals surface area contributed by atoms with Gasteiger partial charge in [0.2, 0.25) is 5.91 Å². The molecule has 5 rings (SSSR count). The Kier molecular flexibility index (Phi) is 4.99. The first-order chi connectivity index (χ1) is 14.7. The second-order valence-corrected chi connectivity index (χ2v) is 8.26. The Balaban J connectivity index is 1.41. The van der Waals surface area contributed by atoms with Crippen LogP contribution in [0.5, 0.6) is 0 Å². The van der Waals surface area contributed by atoms with Crippen molar-refractivity contribution in [2.24, 2.45) is 0 Å². The highest BCUT2D eigenvalue weighted by atomic mass is 16.2. The first kappa shape index (κ1) is 18.9. The van der Waals surface area contributed by atoms with Crippen LogP contribution in [0.15, 0.2) is 59.4 Å². The monoisotopic (exact) mass is 402 g/mol. The van der Waals surface area contributed by atoms with Crippen LogP contribution in [0.1, 0.15) is 47.7 Å². The molecule has 0 bridgehead atoms. The van der Waals surface area contributed by atoms with Crippen LogP contribution in [-0.4, -0.2) is 31.7 Å². The van der Waals surface area contributed by atoms with Crippen LogP contribution in [-0.2, 0) is 30.8 Å². The molecule has 1 unspecified atom stereocenters. The highest BCUT2D eigenvalue weighted by Crippen LogP contribution is 2.33. The van der Waals surface area contributed by atoms with Crippen molar-refractivity contribution < 1.29 is 4.79 Å². The summed E-state index contributed by atoms with van der Waals surface area (Å²) in [6, 6.07) is 18.7. The number of aromatic nitrogens is 3. The zero-order chi connectivity index (χ0) is 20.5. The van der Waals surface area contributed by atoms with Gasteiger partial charge >= 0.3 is 5.69 Å². The summed E-state index contributed by atoms with van der Waals surface area (Å²) in [5.41, 5.74) is 3.49. The van der Waals surface area contributed by atoms with Gasteiger partial charge in [0.15, 0.2) is 0 Å². The van der Waals surface area contributed by atoms with Crippen LogP contribution in [0.3, 0.4) is 0 Å². The fourth-order valence-electron chi connectivity index (χ4n) is 4.72. The van der Waals surface area contributed by atoms with Gasteiger partial charge in [0.05, 0.1) is 0 Å². The molecule has 3 heterocycles. The number of carbonyl (C=O) groups is 1. The molecule has 2 aliphatic rings. The lowest BCUT2D eigenvalue weighted by atomic mass is 9.84. The fourth-order valence-corrected chi connectivity index (χ4v) is 4.72. The maximum Gasteiger partial charge on any atom is 0.346 e. The highest BCUT2D eigenvalue weighted by molar-refractivity contribution is 5.76. The van der Waals surface area contributed by atoms with E-state index >= 15 is 0 Å². The van der Waals surface area contributed by atoms with Gasteiger partial charge in [-0.2, -0.15) is 5.10 Å². The van der Waals surface area contributed by atoms with Gasteiger partial charge in [0.25, 0.3) is 0 Å². The van der Waals surface area contributed by atoms with Crippen molar-refractivity contribution in [1.29, 1.82) is 0 Å². The number of amides is 1. The molecule has 3 aromatic rings. The molecule has 154 valence electrons. The Morgan fingerprint density at radius 2 is 1.80 bits per heavy atom. The first-order valence-corrected chi connectivity index (χ1v) is 10.8. The quantitative estimate of drug-likeness (QED) is 0.677. The zero-order valence-electron chi connectivity index (χ0n) is 17.0. The molecule has 1 aromatic heterocycles. The third kappa shape index (κ3) is 3.47. The number of fused-ring (bicyclic) bond motifs is 2. The zero-order valence-corrected chi connectivity index (χ0v) is 17.0. The van der Waals surface area contributed by atoms with Crippen molar-refractivity contribution in [1.82, 2.24) is 19.2 Å². The molecule has 1 amide bonds. The van der Waals surface area contributed by atoms with Crippen LogP contribution in [0.2, 0.25) is 0 Å². The van der Waals surface area contributed by atoms with E-state index in [1.54, 1.807) is 4.57 Å². The maximum atomic E-state index is 13.2. The summed E-state index contributed by atoms with van der Waals surface area (Å²) in [7, 11) is 0. The molecule has 2 aromatic carbocycles. The Hall–Kier alpha value is -3.15. The summed E-state index contributed by atoms with van der Waals surface area (Å²) < 4.78 is 3.11. The van der Waals surface area contributed by atoms with Crippen LogP contribution >= 0.6 is 0 Å². The van der Waals surface area contributed by atoms with Crippen molar-refractivity contribution in [3.8, 4) is 0 Å². The predicted molar refractivity (Wildman–Crippen MR) is 114 cm³/mol. The summed E-state index contributed by atoms with van der Waals surface area (Å²) in [6.45, 7) is 1.89. The summed E-state index contributed by atoms with van der Waals surface area (Å²) >= 11 is 0. The fraction of sp³-hybridized carbons (Fsp3) is 0.375. The molecule has 2 aliphatic heterocycles. The number of benzene rings is 2. The van der Waals surface area contributed by atoms with Crippen molar-refractivity contribution >= 4 is 5.91 Å². The minimum atomic E-state index is -0.155. The molecular formula is C24H26N4O2. The van der Waals surface area contributed by atoms with E-state index in [-0.39, 0.29) is 24.1 Å². The molecule has 0 fully saturated rings. The summed E-state index contributed by atoms with van der Waals surface area (Å²) in [6.07, 6.45) is 3.97. The van der Waals surface area contributed by atoms with E-state index in [0.717, 1.165) is 31.5 Å². The standard InChI is InChI=1S/C24H26N4O2/c29-23(17-28-24(30)27-14-8-2-5-13-22(27)25-28)26-15-19-11-6-7-12-20(19)21(16-26)18-9-3-1-4-10-18/h1,3-4,6-7,9-12,21H,2,5,8,13-17H2. The SMILES string of the molecule is O=C(Cn1nc2n(c1=O)CCCCC2)N1Cc2ccccc2C(c2ccccc2)C1. The van der Waals surface area contributed by atoms with E-state index in [1.807, 2.05) is 29.2 Å². The smallest absolute Gasteiger partial charge is 0.336 e. The normalized spacial score (nSPS) is 18.4. The summed E-state index contributed by atoms with van der Waals surface area (Å²) in [5.74, 6) is 0.896. The van der Waals surface area contributed by atoms with Gasteiger partial charge in [-0.3, -0.25) is 9.36 Å². The van der Waals surface area contributed by atoms with Gasteiger partial charge in [-0.25, -0.2) is 9.48 Å². The summed E-state index contributed by atoms with van der Waals surface area (Å²) in [4.78, 5) is 27.8. The van der Waals surface area contributed by atoms with E-state index in [9.17, 15) is 9.59 Å². The number of nitrogens with zero attached hydrogens (tertiary/aromatic N) is 4. The molecule has 30 heavy (non-hydrogen) atoms. The predicted octanol–water partition coefficient (Wildman–Crippen LogP) is 2.95. The third-order valence-corrected chi connectivity index (χ3v) is 6.32. The third-order valence-electron chi connectivity index (χ3n) is 6.32. The molecule has 6 heteroatoms. The molecule has 0 N–H and O–H groups in total. The second kappa shape index (κ2) is 7.94. The molecule has 6 nitrogen and oxygen atoms in total.